The third-order valence-electron chi connectivity index (χ3n) is 8.16. The van der Waals surface area contributed by atoms with Crippen molar-refractivity contribution in [2.75, 3.05) is 13.2 Å². The Morgan fingerprint density at radius 3 is 2.05 bits per heavy atom. The highest BCUT2D eigenvalue weighted by Gasteiger charge is 2.68. The Morgan fingerprint density at radius 1 is 0.632 bits per heavy atom. The molecule has 5 rings (SSSR count). The third kappa shape index (κ3) is 1.26. The monoisotopic (exact) mass is 262 g/mol. The van der Waals surface area contributed by atoms with E-state index in [1.165, 1.54) is 32.1 Å². The Labute approximate surface area is 115 Å². The summed E-state index contributed by atoms with van der Waals surface area (Å²) in [5.74, 6) is 8.96. The predicted molar refractivity (Wildman–Crippen MR) is 72.2 cm³/mol. The fourth-order valence-electron chi connectivity index (χ4n) is 7.93. The molecule has 2 nitrogen and oxygen atoms in total. The van der Waals surface area contributed by atoms with Crippen molar-refractivity contribution in [2.45, 2.75) is 32.1 Å². The summed E-state index contributed by atoms with van der Waals surface area (Å²) in [6, 6.07) is 0. The molecule has 5 fully saturated rings. The summed E-state index contributed by atoms with van der Waals surface area (Å²) in [5.41, 5.74) is 0. The van der Waals surface area contributed by atoms with Crippen molar-refractivity contribution >= 4 is 0 Å². The van der Waals surface area contributed by atoms with Gasteiger partial charge in [0.2, 0.25) is 0 Å². The molecule has 0 radical (unpaired) electrons. The minimum Gasteiger partial charge on any atom is -0.396 e. The normalized spacial score (nSPS) is 64.7. The minimum absolute atomic E-state index is 0.424. The van der Waals surface area contributed by atoms with Crippen LogP contribution in [-0.4, -0.2) is 23.4 Å². The summed E-state index contributed by atoms with van der Waals surface area (Å²) in [6.07, 6.45) is 6.91. The average molecular weight is 262 g/mol. The molecule has 0 saturated heterocycles. The van der Waals surface area contributed by atoms with E-state index in [1.54, 1.807) is 0 Å². The van der Waals surface area contributed by atoms with Gasteiger partial charge in [0.15, 0.2) is 0 Å². The Kier molecular flexibility index (Phi) is 2.29. The maximum Gasteiger partial charge on any atom is 0.0462 e. The molecule has 106 valence electrons. The van der Waals surface area contributed by atoms with Gasteiger partial charge in [-0.05, 0) is 91.3 Å². The predicted octanol–water partition coefficient (Wildman–Crippen LogP) is 2.15. The maximum atomic E-state index is 9.61. The van der Waals surface area contributed by atoms with Gasteiger partial charge >= 0.3 is 0 Å². The number of hydrogen-bond acceptors (Lipinski definition) is 2. The second-order valence-electron chi connectivity index (χ2n) is 8.40. The Morgan fingerprint density at radius 2 is 1.37 bits per heavy atom. The van der Waals surface area contributed by atoms with E-state index >= 15 is 0 Å². The van der Waals surface area contributed by atoms with E-state index in [-0.39, 0.29) is 0 Å². The molecule has 0 heterocycles. The average Bonchev–Trinajstić information content (AvgIpc) is 3.17. The standard InChI is InChI=1S/C17H26O2/c18-6-8-1-12-13(2-8)15-5-14(12)16-9-3-10(7-19)11(4-9)17(15)16/h8-19H,1-7H2. The lowest BCUT2D eigenvalue weighted by molar-refractivity contribution is 0.0293. The van der Waals surface area contributed by atoms with Crippen LogP contribution in [0.4, 0.5) is 0 Å². The first kappa shape index (κ1) is 11.6. The zero-order valence-electron chi connectivity index (χ0n) is 11.6. The summed E-state index contributed by atoms with van der Waals surface area (Å²) in [6.45, 7) is 0.864. The maximum absolute atomic E-state index is 9.61. The third-order valence-corrected chi connectivity index (χ3v) is 8.16. The molecule has 2 N–H and O–H groups in total. The highest BCUT2D eigenvalue weighted by molar-refractivity contribution is 5.16. The van der Waals surface area contributed by atoms with Gasteiger partial charge < -0.3 is 10.2 Å². The van der Waals surface area contributed by atoms with Crippen LogP contribution in [0, 0.1) is 59.2 Å². The van der Waals surface area contributed by atoms with Crippen LogP contribution in [-0.2, 0) is 0 Å². The highest BCUT2D eigenvalue weighted by atomic mass is 16.3. The molecule has 0 amide bonds. The summed E-state index contributed by atoms with van der Waals surface area (Å²) < 4.78 is 0. The first-order chi connectivity index (χ1) is 9.31. The van der Waals surface area contributed by atoms with Crippen LogP contribution in [0.1, 0.15) is 32.1 Å². The Bertz CT molecular complexity index is 395. The van der Waals surface area contributed by atoms with Gasteiger partial charge in [0.1, 0.15) is 0 Å². The molecule has 0 aromatic rings. The van der Waals surface area contributed by atoms with Crippen LogP contribution in [0.25, 0.3) is 0 Å². The number of hydrogen-bond donors (Lipinski definition) is 2. The molecule has 5 aliphatic carbocycles. The summed E-state index contributed by atoms with van der Waals surface area (Å²) in [5, 5.41) is 19.1. The Balaban J connectivity index is 1.46. The van der Waals surface area contributed by atoms with Crippen LogP contribution < -0.4 is 0 Å². The van der Waals surface area contributed by atoms with E-state index in [1.807, 2.05) is 0 Å². The second-order valence-corrected chi connectivity index (χ2v) is 8.40. The largest absolute Gasteiger partial charge is 0.396 e. The Hall–Kier alpha value is -0.0800. The van der Waals surface area contributed by atoms with Crippen molar-refractivity contribution in [3.63, 3.8) is 0 Å². The zero-order chi connectivity index (χ0) is 12.7. The molecule has 0 spiro atoms. The van der Waals surface area contributed by atoms with Gasteiger partial charge in [-0.25, -0.2) is 0 Å². The van der Waals surface area contributed by atoms with E-state index in [0.717, 1.165) is 47.3 Å². The van der Waals surface area contributed by atoms with E-state index < -0.39 is 0 Å². The molecule has 0 aromatic carbocycles. The summed E-state index contributed by atoms with van der Waals surface area (Å²) in [4.78, 5) is 0. The van der Waals surface area contributed by atoms with Gasteiger partial charge in [-0.15, -0.1) is 0 Å². The number of aliphatic hydroxyl groups excluding tert-OH is 2. The second kappa shape index (κ2) is 3.76. The molecule has 5 saturated carbocycles. The first-order valence-electron chi connectivity index (χ1n) is 8.53. The van der Waals surface area contributed by atoms with E-state index in [4.69, 9.17) is 0 Å². The van der Waals surface area contributed by atoms with Gasteiger partial charge in [-0.2, -0.15) is 0 Å². The highest BCUT2D eigenvalue weighted by Crippen LogP contribution is 2.74. The van der Waals surface area contributed by atoms with Gasteiger partial charge in [0.05, 0.1) is 0 Å². The topological polar surface area (TPSA) is 40.5 Å². The molecule has 2 heteroatoms. The lowest BCUT2D eigenvalue weighted by Gasteiger charge is -2.43. The molecule has 5 aliphatic rings. The minimum atomic E-state index is 0.424. The van der Waals surface area contributed by atoms with Gasteiger partial charge in [0.25, 0.3) is 0 Å². The SMILES string of the molecule is OCC1CC2C(C1)C1CC2C2C3CC(CO)C(C3)C12. The van der Waals surface area contributed by atoms with Crippen molar-refractivity contribution in [1.82, 2.24) is 0 Å². The summed E-state index contributed by atoms with van der Waals surface area (Å²) >= 11 is 0. The van der Waals surface area contributed by atoms with Gasteiger partial charge in [0, 0.05) is 13.2 Å². The van der Waals surface area contributed by atoms with Crippen molar-refractivity contribution in [3.8, 4) is 0 Å². The van der Waals surface area contributed by atoms with E-state index in [2.05, 4.69) is 0 Å². The first-order valence-corrected chi connectivity index (χ1v) is 8.53. The molecule has 10 atom stereocenters. The smallest absolute Gasteiger partial charge is 0.0462 e. The van der Waals surface area contributed by atoms with Crippen LogP contribution in [0.5, 0.6) is 0 Å². The lowest BCUT2D eigenvalue weighted by Crippen LogP contribution is -2.39. The van der Waals surface area contributed by atoms with Crippen molar-refractivity contribution in [3.05, 3.63) is 0 Å². The van der Waals surface area contributed by atoms with Crippen LogP contribution in [0.3, 0.4) is 0 Å². The molecule has 0 aliphatic heterocycles. The van der Waals surface area contributed by atoms with Crippen LogP contribution in [0.15, 0.2) is 0 Å². The number of rotatable bonds is 2. The molecule has 4 bridgehead atoms. The van der Waals surface area contributed by atoms with E-state index in [9.17, 15) is 10.2 Å². The van der Waals surface area contributed by atoms with Gasteiger partial charge in [-0.3, -0.25) is 0 Å². The molecule has 0 aromatic heterocycles. The fraction of sp³-hybridized carbons (Fsp3) is 1.00. The molecular weight excluding hydrogens is 236 g/mol. The van der Waals surface area contributed by atoms with Crippen LogP contribution >= 0.6 is 0 Å². The number of aliphatic hydroxyl groups is 2. The lowest BCUT2D eigenvalue weighted by atomic mass is 9.62. The van der Waals surface area contributed by atoms with Gasteiger partial charge in [-0.1, -0.05) is 0 Å². The molecular formula is C17H26O2. The van der Waals surface area contributed by atoms with Crippen molar-refractivity contribution in [1.29, 1.82) is 0 Å². The summed E-state index contributed by atoms with van der Waals surface area (Å²) in [7, 11) is 0. The van der Waals surface area contributed by atoms with E-state index in [0.29, 0.717) is 25.0 Å². The molecule has 10 unspecified atom stereocenters. The zero-order valence-corrected chi connectivity index (χ0v) is 11.6. The number of fused-ring (bicyclic) bond motifs is 12. The van der Waals surface area contributed by atoms with Crippen molar-refractivity contribution in [2.24, 2.45) is 59.2 Å². The quantitative estimate of drug-likeness (QED) is 0.749. The molecule has 19 heavy (non-hydrogen) atoms. The fourth-order valence-corrected chi connectivity index (χ4v) is 7.93. The van der Waals surface area contributed by atoms with Crippen molar-refractivity contribution < 1.29 is 10.2 Å². The van der Waals surface area contributed by atoms with Crippen LogP contribution in [0.2, 0.25) is 0 Å².